The van der Waals surface area contributed by atoms with E-state index >= 15 is 0 Å². The Balaban J connectivity index is 2.24. The normalized spacial score (nSPS) is 16.1. The predicted molar refractivity (Wildman–Crippen MR) is 66.3 cm³/mol. The zero-order valence-corrected chi connectivity index (χ0v) is 11.2. The molecule has 0 aliphatic heterocycles. The van der Waals surface area contributed by atoms with Crippen LogP contribution in [0, 0.1) is 5.92 Å². The average Bonchev–Trinajstić information content (AvgIpc) is 3.08. The minimum atomic E-state index is -3.45. The number of hydrogen-bond acceptors (Lipinski definition) is 2. The Hall–Kier alpha value is -0.900. The minimum Gasteiger partial charge on any atom is -0.477 e. The van der Waals surface area contributed by atoms with Gasteiger partial charge < -0.3 is 4.74 Å². The van der Waals surface area contributed by atoms with Crippen LogP contribution in [-0.4, -0.2) is 11.6 Å². The quantitative estimate of drug-likeness (QED) is 0.748. The summed E-state index contributed by atoms with van der Waals surface area (Å²) in [6.07, 6.45) is 2.28. The molecule has 1 aromatic rings. The van der Waals surface area contributed by atoms with E-state index in [0.29, 0.717) is 12.5 Å². The number of nitrogens with zero attached hydrogens (tertiary/aromatic N) is 1. The Morgan fingerprint density at radius 1 is 1.44 bits per heavy atom. The van der Waals surface area contributed by atoms with E-state index in [2.05, 4.69) is 4.98 Å². The van der Waals surface area contributed by atoms with Crippen LogP contribution in [0.1, 0.15) is 43.9 Å². The highest BCUT2D eigenvalue weighted by molar-refractivity contribution is 6.21. The van der Waals surface area contributed by atoms with E-state index in [4.69, 9.17) is 16.3 Å². The Labute approximate surface area is 110 Å². The van der Waals surface area contributed by atoms with Gasteiger partial charge in [0.25, 0.3) is 0 Å². The third-order valence-corrected chi connectivity index (χ3v) is 3.15. The van der Waals surface area contributed by atoms with Crippen LogP contribution in [0.3, 0.4) is 0 Å². The molecule has 0 N–H and O–H groups in total. The molecule has 0 unspecified atom stereocenters. The lowest BCUT2D eigenvalue weighted by molar-refractivity contribution is 0.0887. The fourth-order valence-corrected chi connectivity index (χ4v) is 1.75. The molecule has 1 aromatic heterocycles. The van der Waals surface area contributed by atoms with Gasteiger partial charge in [-0.25, -0.2) is 4.98 Å². The number of ether oxygens (including phenoxy) is 1. The molecule has 100 valence electrons. The Morgan fingerprint density at radius 3 is 2.61 bits per heavy atom. The Bertz CT molecular complexity index is 427. The second-order valence-corrected chi connectivity index (χ2v) is 5.47. The number of hydrogen-bond donors (Lipinski definition) is 0. The van der Waals surface area contributed by atoms with E-state index in [1.807, 2.05) is 13.8 Å². The third kappa shape index (κ3) is 3.31. The lowest BCUT2D eigenvalue weighted by Crippen LogP contribution is -2.11. The molecule has 1 aliphatic rings. The van der Waals surface area contributed by atoms with Crippen molar-refractivity contribution in [2.45, 2.75) is 38.0 Å². The lowest BCUT2D eigenvalue weighted by Gasteiger charge is -2.15. The maximum Gasteiger partial charge on any atom is 0.364 e. The topological polar surface area (TPSA) is 22.1 Å². The molecule has 2 nitrogen and oxygen atoms in total. The van der Waals surface area contributed by atoms with Crippen molar-refractivity contribution < 1.29 is 13.5 Å². The molecule has 5 heteroatoms. The SMILES string of the molecule is CC(C)c1ccc(C(F)(F)Cl)nc1OCC1CC1. The van der Waals surface area contributed by atoms with Crippen LogP contribution in [-0.2, 0) is 5.38 Å². The van der Waals surface area contributed by atoms with Crippen molar-refractivity contribution in [2.24, 2.45) is 5.92 Å². The summed E-state index contributed by atoms with van der Waals surface area (Å²) < 4.78 is 31.6. The molecule has 18 heavy (non-hydrogen) atoms. The van der Waals surface area contributed by atoms with Gasteiger partial charge in [0.2, 0.25) is 5.88 Å². The molecule has 0 aromatic carbocycles. The van der Waals surface area contributed by atoms with E-state index in [1.54, 1.807) is 6.07 Å². The van der Waals surface area contributed by atoms with Gasteiger partial charge in [-0.1, -0.05) is 19.9 Å². The van der Waals surface area contributed by atoms with Crippen LogP contribution in [0.2, 0.25) is 0 Å². The van der Waals surface area contributed by atoms with Gasteiger partial charge in [0.15, 0.2) is 0 Å². The van der Waals surface area contributed by atoms with Gasteiger partial charge in [0.1, 0.15) is 5.69 Å². The molecule has 0 saturated heterocycles. The summed E-state index contributed by atoms with van der Waals surface area (Å²) in [5.41, 5.74) is 0.375. The van der Waals surface area contributed by atoms with Gasteiger partial charge in [-0.2, -0.15) is 8.78 Å². The summed E-state index contributed by atoms with van der Waals surface area (Å²) >= 11 is 4.99. The van der Waals surface area contributed by atoms with Crippen molar-refractivity contribution in [3.8, 4) is 5.88 Å². The second kappa shape index (κ2) is 5.00. The number of aromatic nitrogens is 1. The maximum absolute atomic E-state index is 13.0. The molecule has 1 aliphatic carbocycles. The zero-order valence-electron chi connectivity index (χ0n) is 10.4. The molecule has 2 rings (SSSR count). The molecule has 0 amide bonds. The smallest absolute Gasteiger partial charge is 0.364 e. The number of halogens is 3. The van der Waals surface area contributed by atoms with Crippen molar-refractivity contribution in [3.05, 3.63) is 23.4 Å². The molecule has 0 bridgehead atoms. The summed E-state index contributed by atoms with van der Waals surface area (Å²) in [4.78, 5) is 3.86. The van der Waals surface area contributed by atoms with Crippen LogP contribution in [0.25, 0.3) is 0 Å². The molecule has 0 atom stereocenters. The molecule has 1 saturated carbocycles. The molecular weight excluding hydrogens is 260 g/mol. The standard InChI is InChI=1S/C13H16ClF2NO/c1-8(2)10-5-6-11(13(14,15)16)17-12(10)18-7-9-3-4-9/h5-6,8-9H,3-4,7H2,1-2H3. The summed E-state index contributed by atoms with van der Waals surface area (Å²) in [6.45, 7) is 4.49. The third-order valence-electron chi connectivity index (χ3n) is 2.95. The van der Waals surface area contributed by atoms with Crippen molar-refractivity contribution in [1.29, 1.82) is 0 Å². The van der Waals surface area contributed by atoms with E-state index in [0.717, 1.165) is 18.4 Å². The van der Waals surface area contributed by atoms with Gasteiger partial charge in [-0.15, -0.1) is 0 Å². The summed E-state index contributed by atoms with van der Waals surface area (Å²) in [5, 5.41) is -3.45. The monoisotopic (exact) mass is 275 g/mol. The highest BCUT2D eigenvalue weighted by atomic mass is 35.5. The second-order valence-electron chi connectivity index (χ2n) is 5.00. The first kappa shape index (κ1) is 13.5. The zero-order chi connectivity index (χ0) is 13.3. The van der Waals surface area contributed by atoms with E-state index in [1.165, 1.54) is 6.07 Å². The van der Waals surface area contributed by atoms with E-state index in [-0.39, 0.29) is 11.8 Å². The first-order valence-corrected chi connectivity index (χ1v) is 6.46. The van der Waals surface area contributed by atoms with Crippen molar-refractivity contribution in [2.75, 3.05) is 6.61 Å². The number of alkyl halides is 3. The van der Waals surface area contributed by atoms with Crippen LogP contribution >= 0.6 is 11.6 Å². The summed E-state index contributed by atoms with van der Waals surface area (Å²) in [5.74, 6) is 1.01. The first-order chi connectivity index (χ1) is 8.38. The highest BCUT2D eigenvalue weighted by Crippen LogP contribution is 2.35. The molecular formula is C13H16ClF2NO. The summed E-state index contributed by atoms with van der Waals surface area (Å²) in [6, 6.07) is 2.87. The molecule has 1 fully saturated rings. The van der Waals surface area contributed by atoms with Crippen LogP contribution in [0.5, 0.6) is 5.88 Å². The Morgan fingerprint density at radius 2 is 2.11 bits per heavy atom. The highest BCUT2D eigenvalue weighted by Gasteiger charge is 2.31. The lowest BCUT2D eigenvalue weighted by atomic mass is 10.0. The summed E-state index contributed by atoms with van der Waals surface area (Å²) in [7, 11) is 0. The van der Waals surface area contributed by atoms with Crippen LogP contribution in [0.15, 0.2) is 12.1 Å². The number of pyridine rings is 1. The Kier molecular flexibility index (Phi) is 3.76. The largest absolute Gasteiger partial charge is 0.477 e. The fraction of sp³-hybridized carbons (Fsp3) is 0.615. The first-order valence-electron chi connectivity index (χ1n) is 6.09. The predicted octanol–water partition coefficient (Wildman–Crippen LogP) is 4.28. The van der Waals surface area contributed by atoms with Gasteiger partial charge in [-0.05, 0) is 42.3 Å². The van der Waals surface area contributed by atoms with E-state index in [9.17, 15) is 8.78 Å². The number of rotatable bonds is 5. The van der Waals surface area contributed by atoms with Crippen molar-refractivity contribution in [3.63, 3.8) is 0 Å². The molecule has 0 radical (unpaired) electrons. The molecule has 1 heterocycles. The molecule has 0 spiro atoms. The van der Waals surface area contributed by atoms with Crippen LogP contribution < -0.4 is 4.74 Å². The fourth-order valence-electron chi connectivity index (χ4n) is 1.65. The van der Waals surface area contributed by atoms with Gasteiger partial charge >= 0.3 is 5.38 Å². The van der Waals surface area contributed by atoms with Gasteiger partial charge in [0.05, 0.1) is 6.61 Å². The minimum absolute atomic E-state index is 0.171. The van der Waals surface area contributed by atoms with E-state index < -0.39 is 11.1 Å². The van der Waals surface area contributed by atoms with Crippen molar-refractivity contribution >= 4 is 11.6 Å². The average molecular weight is 276 g/mol. The maximum atomic E-state index is 13.0. The van der Waals surface area contributed by atoms with Crippen LogP contribution in [0.4, 0.5) is 8.78 Å². The van der Waals surface area contributed by atoms with Gasteiger partial charge in [-0.3, -0.25) is 0 Å². The van der Waals surface area contributed by atoms with Gasteiger partial charge in [0, 0.05) is 5.56 Å². The van der Waals surface area contributed by atoms with Crippen molar-refractivity contribution in [1.82, 2.24) is 4.98 Å².